The van der Waals surface area contributed by atoms with Gasteiger partial charge < -0.3 is 19.9 Å². The van der Waals surface area contributed by atoms with Gasteiger partial charge in [-0.2, -0.15) is 5.26 Å². The molecular formula is C23H28N4O4. The highest BCUT2D eigenvalue weighted by atomic mass is 16.5. The van der Waals surface area contributed by atoms with E-state index < -0.39 is 30.1 Å². The molecule has 164 valence electrons. The van der Waals surface area contributed by atoms with E-state index in [4.69, 9.17) is 4.74 Å². The van der Waals surface area contributed by atoms with Gasteiger partial charge in [0, 0.05) is 37.5 Å². The summed E-state index contributed by atoms with van der Waals surface area (Å²) in [5, 5.41) is 13.2. The molecule has 1 aliphatic rings. The molecule has 1 aromatic heterocycles. The van der Waals surface area contributed by atoms with Gasteiger partial charge in [0.15, 0.2) is 6.61 Å². The number of carbonyl (C=O) groups excluding carboxylic acids is 3. The van der Waals surface area contributed by atoms with E-state index in [1.807, 2.05) is 24.3 Å². The Balaban J connectivity index is 1.66. The summed E-state index contributed by atoms with van der Waals surface area (Å²) in [6, 6.07) is 9.03. The zero-order valence-electron chi connectivity index (χ0n) is 17.9. The van der Waals surface area contributed by atoms with Gasteiger partial charge in [-0.1, -0.05) is 37.5 Å². The monoisotopic (exact) mass is 424 g/mol. The second-order valence-electron chi connectivity index (χ2n) is 8.08. The van der Waals surface area contributed by atoms with Crippen molar-refractivity contribution < 1.29 is 19.1 Å². The van der Waals surface area contributed by atoms with Crippen molar-refractivity contribution in [1.29, 1.82) is 5.26 Å². The molecule has 1 heterocycles. The number of hydrogen-bond acceptors (Lipinski definition) is 5. The predicted octanol–water partition coefficient (Wildman–Crippen LogP) is 2.44. The van der Waals surface area contributed by atoms with Gasteiger partial charge in [-0.15, -0.1) is 0 Å². The highest BCUT2D eigenvalue weighted by Crippen LogP contribution is 2.32. The zero-order chi connectivity index (χ0) is 22.4. The molecule has 0 radical (unpaired) electrons. The SMILES string of the molecule is CC(=O)NC(Cc1c[nH]c2ccccc12)C(=O)OCC(=O)N(C)C1(C#N)CCCCC1. The number of nitriles is 1. The maximum atomic E-state index is 12.7. The fourth-order valence-electron chi connectivity index (χ4n) is 4.19. The van der Waals surface area contributed by atoms with Crippen LogP contribution in [-0.2, 0) is 25.5 Å². The van der Waals surface area contributed by atoms with Crippen LogP contribution in [-0.4, -0.2) is 52.9 Å². The number of esters is 1. The molecule has 1 atom stereocenters. The van der Waals surface area contributed by atoms with Crippen LogP contribution in [0.1, 0.15) is 44.6 Å². The number of H-pyrrole nitrogens is 1. The van der Waals surface area contributed by atoms with E-state index in [0.717, 1.165) is 35.7 Å². The molecule has 1 aliphatic carbocycles. The standard InChI is InChI=1S/C23H28N4O4/c1-16(28)26-20(12-17-13-25-19-9-5-4-8-18(17)19)22(30)31-14-21(29)27(2)23(15-24)10-6-3-7-11-23/h4-5,8-9,13,20,25H,3,6-7,10-12,14H2,1-2H3,(H,26,28). The van der Waals surface area contributed by atoms with Gasteiger partial charge in [-0.05, 0) is 24.5 Å². The maximum Gasteiger partial charge on any atom is 0.329 e. The van der Waals surface area contributed by atoms with Crippen LogP contribution in [0.4, 0.5) is 0 Å². The number of ether oxygens (including phenoxy) is 1. The zero-order valence-corrected chi connectivity index (χ0v) is 17.9. The van der Waals surface area contributed by atoms with Crippen LogP contribution < -0.4 is 5.32 Å². The van der Waals surface area contributed by atoms with Crippen molar-refractivity contribution in [2.45, 2.75) is 57.0 Å². The Bertz CT molecular complexity index is 1000. The first kappa shape index (κ1) is 22.3. The maximum absolute atomic E-state index is 12.7. The lowest BCUT2D eigenvalue weighted by atomic mass is 9.81. The van der Waals surface area contributed by atoms with Crippen LogP contribution in [0, 0.1) is 11.3 Å². The normalized spacial score (nSPS) is 16.2. The molecule has 2 N–H and O–H groups in total. The molecule has 8 heteroatoms. The molecule has 31 heavy (non-hydrogen) atoms. The molecule has 0 bridgehead atoms. The molecule has 8 nitrogen and oxygen atoms in total. The number of aromatic nitrogens is 1. The predicted molar refractivity (Wildman–Crippen MR) is 115 cm³/mol. The molecule has 0 aliphatic heterocycles. The number of likely N-dealkylation sites (N-methyl/N-ethyl adjacent to an activating group) is 1. The number of nitrogens with one attached hydrogen (secondary N) is 2. The van der Waals surface area contributed by atoms with Crippen LogP contribution >= 0.6 is 0 Å². The van der Waals surface area contributed by atoms with Crippen LogP contribution in [0.15, 0.2) is 30.5 Å². The fraction of sp³-hybridized carbons (Fsp3) is 0.478. The summed E-state index contributed by atoms with van der Waals surface area (Å²) in [6.45, 7) is 0.858. The minimum absolute atomic E-state index is 0.231. The number of aromatic amines is 1. The molecule has 0 spiro atoms. The lowest BCUT2D eigenvalue weighted by Gasteiger charge is -2.38. The Labute approximate surface area is 181 Å². The van der Waals surface area contributed by atoms with E-state index >= 15 is 0 Å². The summed E-state index contributed by atoms with van der Waals surface area (Å²) in [6.07, 6.45) is 6.09. The Morgan fingerprint density at radius 2 is 1.97 bits per heavy atom. The quantitative estimate of drug-likeness (QED) is 0.663. The van der Waals surface area contributed by atoms with E-state index in [1.165, 1.54) is 11.8 Å². The van der Waals surface area contributed by atoms with Crippen LogP contribution in [0.3, 0.4) is 0 Å². The van der Waals surface area contributed by atoms with Crippen molar-refractivity contribution in [3.8, 4) is 6.07 Å². The van der Waals surface area contributed by atoms with E-state index in [-0.39, 0.29) is 12.3 Å². The first-order valence-electron chi connectivity index (χ1n) is 10.5. The molecule has 1 fully saturated rings. The Kier molecular flexibility index (Phi) is 6.95. The number of carbonyl (C=O) groups is 3. The Hall–Kier alpha value is -3.34. The van der Waals surface area contributed by atoms with Crippen LogP contribution in [0.2, 0.25) is 0 Å². The third-order valence-corrected chi connectivity index (χ3v) is 6.00. The average molecular weight is 425 g/mol. The minimum Gasteiger partial charge on any atom is -0.454 e. The van der Waals surface area contributed by atoms with Gasteiger partial charge in [-0.25, -0.2) is 4.79 Å². The number of nitrogens with zero attached hydrogens (tertiary/aromatic N) is 2. The van der Waals surface area contributed by atoms with E-state index in [1.54, 1.807) is 13.2 Å². The third kappa shape index (κ3) is 5.05. The van der Waals surface area contributed by atoms with Gasteiger partial charge in [0.05, 0.1) is 6.07 Å². The summed E-state index contributed by atoms with van der Waals surface area (Å²) in [5.41, 5.74) is 0.946. The summed E-state index contributed by atoms with van der Waals surface area (Å²) >= 11 is 0. The van der Waals surface area contributed by atoms with Gasteiger partial charge >= 0.3 is 5.97 Å². The molecule has 1 unspecified atom stereocenters. The summed E-state index contributed by atoms with van der Waals surface area (Å²) in [7, 11) is 1.59. The van der Waals surface area contributed by atoms with Gasteiger partial charge in [0.1, 0.15) is 11.6 Å². The van der Waals surface area contributed by atoms with Gasteiger partial charge in [0.2, 0.25) is 5.91 Å². The highest BCUT2D eigenvalue weighted by molar-refractivity contribution is 5.88. The number of benzene rings is 1. The molecular weight excluding hydrogens is 396 g/mol. The number of hydrogen-bond donors (Lipinski definition) is 2. The molecule has 1 aromatic carbocycles. The van der Waals surface area contributed by atoms with Crippen LogP contribution in [0.5, 0.6) is 0 Å². The smallest absolute Gasteiger partial charge is 0.329 e. The molecule has 0 saturated heterocycles. The van der Waals surface area contributed by atoms with Crippen molar-refractivity contribution >= 4 is 28.7 Å². The number of para-hydroxylation sites is 1. The first-order chi connectivity index (χ1) is 14.9. The summed E-state index contributed by atoms with van der Waals surface area (Å²) in [5.74, 6) is -1.47. The third-order valence-electron chi connectivity index (χ3n) is 6.00. The lowest BCUT2D eigenvalue weighted by Crippen LogP contribution is -2.51. The highest BCUT2D eigenvalue weighted by Gasteiger charge is 2.39. The van der Waals surface area contributed by atoms with Gasteiger partial charge in [-0.3, -0.25) is 9.59 Å². The van der Waals surface area contributed by atoms with Crippen molar-refractivity contribution in [3.05, 3.63) is 36.0 Å². The molecule has 2 amide bonds. The van der Waals surface area contributed by atoms with Crippen molar-refractivity contribution in [3.63, 3.8) is 0 Å². The summed E-state index contributed by atoms with van der Waals surface area (Å²) in [4.78, 5) is 41.6. The van der Waals surface area contributed by atoms with Gasteiger partial charge in [0.25, 0.3) is 5.91 Å². The number of rotatable bonds is 7. The number of amides is 2. The van der Waals surface area contributed by atoms with E-state index in [2.05, 4.69) is 16.4 Å². The first-order valence-corrected chi connectivity index (χ1v) is 10.5. The average Bonchev–Trinajstić information content (AvgIpc) is 3.19. The van der Waals surface area contributed by atoms with Crippen LogP contribution in [0.25, 0.3) is 10.9 Å². The van der Waals surface area contributed by atoms with Crippen molar-refractivity contribution in [2.24, 2.45) is 0 Å². The van der Waals surface area contributed by atoms with E-state index in [9.17, 15) is 19.6 Å². The number of fused-ring (bicyclic) bond motifs is 1. The fourth-order valence-corrected chi connectivity index (χ4v) is 4.19. The van der Waals surface area contributed by atoms with Crippen molar-refractivity contribution in [1.82, 2.24) is 15.2 Å². The van der Waals surface area contributed by atoms with E-state index in [0.29, 0.717) is 12.8 Å². The molecule has 1 saturated carbocycles. The summed E-state index contributed by atoms with van der Waals surface area (Å²) < 4.78 is 5.26. The Morgan fingerprint density at radius 3 is 2.65 bits per heavy atom. The largest absolute Gasteiger partial charge is 0.454 e. The Morgan fingerprint density at radius 1 is 1.26 bits per heavy atom. The second-order valence-corrected chi connectivity index (χ2v) is 8.08. The molecule has 3 rings (SSSR count). The molecule has 2 aromatic rings. The topological polar surface area (TPSA) is 115 Å². The lowest BCUT2D eigenvalue weighted by molar-refractivity contribution is -0.155. The minimum atomic E-state index is -0.922. The second kappa shape index (κ2) is 9.65. The van der Waals surface area contributed by atoms with Crippen molar-refractivity contribution in [2.75, 3.05) is 13.7 Å².